The molecule has 78 valence electrons. The highest BCUT2D eigenvalue weighted by Gasteiger charge is 2.28. The van der Waals surface area contributed by atoms with Crippen molar-refractivity contribution in [2.75, 3.05) is 19.8 Å². The fourth-order valence-electron chi connectivity index (χ4n) is 1.52. The average molecular weight is 198 g/mol. The molecule has 3 N–H and O–H groups in total. The molecule has 1 aliphatic heterocycles. The summed E-state index contributed by atoms with van der Waals surface area (Å²) in [6, 6.07) is -0.103. The van der Waals surface area contributed by atoms with E-state index in [1.54, 1.807) is 4.68 Å². The summed E-state index contributed by atoms with van der Waals surface area (Å²) in [5.74, 6) is 0. The lowest BCUT2D eigenvalue weighted by Gasteiger charge is -2.10. The highest BCUT2D eigenvalue weighted by molar-refractivity contribution is 4.95. The van der Waals surface area contributed by atoms with Crippen LogP contribution in [0.1, 0.15) is 11.7 Å². The molecular weight excluding hydrogens is 184 g/mol. The molecule has 0 aromatic carbocycles. The van der Waals surface area contributed by atoms with Crippen molar-refractivity contribution in [2.24, 2.45) is 5.73 Å². The van der Waals surface area contributed by atoms with Gasteiger partial charge in [-0.25, -0.2) is 4.68 Å². The number of aromatic nitrogens is 3. The fraction of sp³-hybridized carbons (Fsp3) is 0.750. The Bertz CT molecular complexity index is 301. The Morgan fingerprint density at radius 2 is 2.50 bits per heavy atom. The van der Waals surface area contributed by atoms with E-state index in [1.807, 2.05) is 6.20 Å². The molecule has 1 saturated heterocycles. The average Bonchev–Trinajstić information content (AvgIpc) is 2.74. The van der Waals surface area contributed by atoms with Crippen molar-refractivity contribution >= 4 is 0 Å². The minimum absolute atomic E-state index is 0.103. The molecule has 2 rings (SSSR count). The molecular formula is C8H14N4O2. The highest BCUT2D eigenvalue weighted by atomic mass is 16.5. The largest absolute Gasteiger partial charge is 0.388 e. The number of aliphatic hydroxyl groups excluding tert-OH is 1. The van der Waals surface area contributed by atoms with Gasteiger partial charge in [-0.3, -0.25) is 0 Å². The first-order valence-electron chi connectivity index (χ1n) is 4.68. The summed E-state index contributed by atoms with van der Waals surface area (Å²) < 4.78 is 6.79. The van der Waals surface area contributed by atoms with E-state index in [-0.39, 0.29) is 6.04 Å². The number of hydrogen-bond acceptors (Lipinski definition) is 5. The zero-order valence-electron chi connectivity index (χ0n) is 7.83. The Labute approximate surface area is 81.7 Å². The number of aliphatic hydroxyl groups is 1. The predicted octanol–water partition coefficient (Wildman–Crippen LogP) is -1.29. The lowest BCUT2D eigenvalue weighted by atomic mass is 10.2. The van der Waals surface area contributed by atoms with Crippen LogP contribution in [0.5, 0.6) is 0 Å². The lowest BCUT2D eigenvalue weighted by Crippen LogP contribution is -2.22. The van der Waals surface area contributed by atoms with E-state index in [0.29, 0.717) is 26.2 Å². The molecule has 0 spiro atoms. The van der Waals surface area contributed by atoms with Gasteiger partial charge in [0.2, 0.25) is 0 Å². The van der Waals surface area contributed by atoms with Gasteiger partial charge in [-0.15, -0.1) is 5.10 Å². The molecule has 2 atom stereocenters. The van der Waals surface area contributed by atoms with Crippen LogP contribution in [0.4, 0.5) is 0 Å². The van der Waals surface area contributed by atoms with Gasteiger partial charge in [-0.05, 0) is 6.54 Å². The van der Waals surface area contributed by atoms with Crippen LogP contribution in [-0.4, -0.2) is 46.0 Å². The van der Waals surface area contributed by atoms with Crippen LogP contribution < -0.4 is 5.73 Å². The Kier molecular flexibility index (Phi) is 2.76. The first kappa shape index (κ1) is 9.57. The minimum atomic E-state index is -0.484. The molecule has 1 aliphatic rings. The maximum absolute atomic E-state index is 9.54. The molecule has 1 aromatic heterocycles. The number of rotatable bonds is 3. The maximum Gasteiger partial charge on any atom is 0.105 e. The van der Waals surface area contributed by atoms with Gasteiger partial charge in [0.25, 0.3) is 0 Å². The predicted molar refractivity (Wildman–Crippen MR) is 48.6 cm³/mol. The van der Waals surface area contributed by atoms with Gasteiger partial charge in [0.05, 0.1) is 18.9 Å². The molecule has 2 heterocycles. The van der Waals surface area contributed by atoms with Gasteiger partial charge in [0.1, 0.15) is 12.1 Å². The van der Waals surface area contributed by atoms with Gasteiger partial charge >= 0.3 is 0 Å². The zero-order chi connectivity index (χ0) is 9.97. The quantitative estimate of drug-likeness (QED) is 0.631. The Morgan fingerprint density at radius 1 is 1.64 bits per heavy atom. The van der Waals surface area contributed by atoms with E-state index >= 15 is 0 Å². The highest BCUT2D eigenvalue weighted by Crippen LogP contribution is 2.18. The van der Waals surface area contributed by atoms with Crippen molar-refractivity contribution in [3.05, 3.63) is 11.9 Å². The normalized spacial score (nSPS) is 27.0. The third kappa shape index (κ3) is 1.77. The smallest absolute Gasteiger partial charge is 0.105 e. The number of nitrogens with zero attached hydrogens (tertiary/aromatic N) is 3. The Balaban J connectivity index is 2.08. The monoisotopic (exact) mass is 198 g/mol. The van der Waals surface area contributed by atoms with Crippen LogP contribution in [0.15, 0.2) is 6.20 Å². The minimum Gasteiger partial charge on any atom is -0.388 e. The second kappa shape index (κ2) is 4.04. The zero-order valence-corrected chi connectivity index (χ0v) is 7.83. The molecule has 0 bridgehead atoms. The van der Waals surface area contributed by atoms with Gasteiger partial charge in [-0.1, -0.05) is 5.21 Å². The number of ether oxygens (including phenoxy) is 1. The molecule has 6 heteroatoms. The van der Waals surface area contributed by atoms with Crippen molar-refractivity contribution in [1.29, 1.82) is 0 Å². The Hall–Kier alpha value is -0.980. The second-order valence-electron chi connectivity index (χ2n) is 3.40. The van der Waals surface area contributed by atoms with Crippen LogP contribution in [0.3, 0.4) is 0 Å². The van der Waals surface area contributed by atoms with E-state index < -0.39 is 6.10 Å². The van der Waals surface area contributed by atoms with Crippen LogP contribution in [0, 0.1) is 0 Å². The van der Waals surface area contributed by atoms with Crippen LogP contribution in [0.25, 0.3) is 0 Å². The molecule has 14 heavy (non-hydrogen) atoms. The van der Waals surface area contributed by atoms with Gasteiger partial charge in [-0.2, -0.15) is 0 Å². The molecule has 0 amide bonds. The molecule has 0 saturated carbocycles. The maximum atomic E-state index is 9.54. The van der Waals surface area contributed by atoms with Crippen LogP contribution >= 0.6 is 0 Å². The lowest BCUT2D eigenvalue weighted by molar-refractivity contribution is 0.117. The number of nitrogens with two attached hydrogens (primary N) is 1. The molecule has 2 unspecified atom stereocenters. The molecule has 1 aromatic rings. The van der Waals surface area contributed by atoms with Crippen molar-refractivity contribution in [1.82, 2.24) is 15.0 Å². The summed E-state index contributed by atoms with van der Waals surface area (Å²) in [5, 5.41) is 17.4. The first-order chi connectivity index (χ1) is 6.81. The summed E-state index contributed by atoms with van der Waals surface area (Å²) >= 11 is 0. The van der Waals surface area contributed by atoms with E-state index in [4.69, 9.17) is 10.5 Å². The fourth-order valence-corrected chi connectivity index (χ4v) is 1.52. The summed E-state index contributed by atoms with van der Waals surface area (Å²) in [4.78, 5) is 0. The first-order valence-corrected chi connectivity index (χ1v) is 4.68. The van der Waals surface area contributed by atoms with Crippen molar-refractivity contribution in [2.45, 2.75) is 18.6 Å². The van der Waals surface area contributed by atoms with Gasteiger partial charge in [0.15, 0.2) is 0 Å². The van der Waals surface area contributed by atoms with E-state index in [2.05, 4.69) is 10.3 Å². The standard InChI is InChI=1S/C8H14N4O2/c9-2-1-6-3-12(11-10-6)7-4-14-5-8(7)13/h3,7-8,13H,1-2,4-5,9H2. The van der Waals surface area contributed by atoms with Gasteiger partial charge < -0.3 is 15.6 Å². The second-order valence-corrected chi connectivity index (χ2v) is 3.40. The molecule has 0 radical (unpaired) electrons. The summed E-state index contributed by atoms with van der Waals surface area (Å²) in [6.07, 6.45) is 2.04. The SMILES string of the molecule is NCCc1cn(C2COCC2O)nn1. The van der Waals surface area contributed by atoms with Crippen molar-refractivity contribution in [3.8, 4) is 0 Å². The molecule has 1 fully saturated rings. The summed E-state index contributed by atoms with van der Waals surface area (Å²) in [7, 11) is 0. The topological polar surface area (TPSA) is 86.2 Å². The van der Waals surface area contributed by atoms with Crippen molar-refractivity contribution < 1.29 is 9.84 Å². The van der Waals surface area contributed by atoms with Crippen molar-refractivity contribution in [3.63, 3.8) is 0 Å². The third-order valence-corrected chi connectivity index (χ3v) is 2.32. The third-order valence-electron chi connectivity index (χ3n) is 2.32. The van der Waals surface area contributed by atoms with E-state index in [1.165, 1.54) is 0 Å². The van der Waals surface area contributed by atoms with E-state index in [0.717, 1.165) is 5.69 Å². The Morgan fingerprint density at radius 3 is 3.14 bits per heavy atom. The van der Waals surface area contributed by atoms with E-state index in [9.17, 15) is 5.11 Å². The van der Waals surface area contributed by atoms with Crippen LogP contribution in [-0.2, 0) is 11.2 Å². The summed E-state index contributed by atoms with van der Waals surface area (Å²) in [5.41, 5.74) is 6.25. The van der Waals surface area contributed by atoms with Crippen LogP contribution in [0.2, 0.25) is 0 Å². The van der Waals surface area contributed by atoms with Gasteiger partial charge in [0, 0.05) is 12.6 Å². The number of hydrogen-bond donors (Lipinski definition) is 2. The summed E-state index contributed by atoms with van der Waals surface area (Å²) in [6.45, 7) is 1.42. The molecule has 6 nitrogen and oxygen atoms in total. The molecule has 0 aliphatic carbocycles.